The summed E-state index contributed by atoms with van der Waals surface area (Å²) in [6.07, 6.45) is 2.43. The number of carbonyl (C=O) groups is 3. The van der Waals surface area contributed by atoms with Gasteiger partial charge in [-0.05, 0) is 49.2 Å². The fraction of sp³-hybridized carbons (Fsp3) is 0.522. The van der Waals surface area contributed by atoms with E-state index in [4.69, 9.17) is 14.2 Å². The maximum atomic E-state index is 13.3. The van der Waals surface area contributed by atoms with E-state index in [9.17, 15) is 19.2 Å². The fourth-order valence-electron chi connectivity index (χ4n) is 3.47. The molecule has 0 radical (unpaired) electrons. The molecule has 1 aliphatic heterocycles. The number of anilines is 1. The van der Waals surface area contributed by atoms with Crippen LogP contribution in [0.1, 0.15) is 51.0 Å². The number of amides is 2. The predicted octanol–water partition coefficient (Wildman–Crippen LogP) is 3.01. The third kappa shape index (κ3) is 5.92. The Morgan fingerprint density at radius 1 is 1.20 bits per heavy atom. The minimum absolute atomic E-state index is 0.0838. The minimum Gasteiger partial charge on any atom is -0.486 e. The lowest BCUT2D eigenvalue weighted by molar-refractivity contribution is -0.121. The standard InChI is InChI=1S/C23H29BrN4O7/c1-6-7-10-34-18-17(21(31)33-5)25-19-15(11-14(24)12-28(19)20(18)30)27-9-8-26(13-16(27)29)22(32)35-23(2,3)4/h11-12H,6-10,13H2,1-5H3. The summed E-state index contributed by atoms with van der Waals surface area (Å²) < 4.78 is 17.5. The van der Waals surface area contributed by atoms with Crippen LogP contribution in [0.3, 0.4) is 0 Å². The first-order chi connectivity index (χ1) is 16.5. The van der Waals surface area contributed by atoms with Gasteiger partial charge in [0.05, 0.1) is 19.4 Å². The first kappa shape index (κ1) is 26.5. The van der Waals surface area contributed by atoms with Crippen molar-refractivity contribution in [1.29, 1.82) is 0 Å². The zero-order valence-corrected chi connectivity index (χ0v) is 22.0. The Bertz CT molecular complexity index is 1210. The van der Waals surface area contributed by atoms with E-state index < -0.39 is 23.2 Å². The highest BCUT2D eigenvalue weighted by atomic mass is 79.9. The Morgan fingerprint density at radius 3 is 2.51 bits per heavy atom. The van der Waals surface area contributed by atoms with Crippen LogP contribution in [0.2, 0.25) is 0 Å². The molecule has 12 heteroatoms. The SMILES string of the molecule is CCCCOc1c(C(=O)OC)nc2c(N3CCN(C(=O)OC(C)(C)C)CC3=O)cc(Br)cn2c1=O. The van der Waals surface area contributed by atoms with Crippen molar-refractivity contribution in [2.45, 2.75) is 46.1 Å². The van der Waals surface area contributed by atoms with Crippen molar-refractivity contribution in [3.05, 3.63) is 32.8 Å². The number of fused-ring (bicyclic) bond motifs is 1. The lowest BCUT2D eigenvalue weighted by atomic mass is 10.2. The number of hydrogen-bond acceptors (Lipinski definition) is 8. The van der Waals surface area contributed by atoms with Gasteiger partial charge < -0.3 is 19.1 Å². The van der Waals surface area contributed by atoms with Crippen LogP contribution in [-0.2, 0) is 14.3 Å². The predicted molar refractivity (Wildman–Crippen MR) is 131 cm³/mol. The molecule has 2 aromatic rings. The zero-order chi connectivity index (χ0) is 25.9. The Morgan fingerprint density at radius 2 is 1.91 bits per heavy atom. The molecule has 0 saturated carbocycles. The average molecular weight is 553 g/mol. The number of aromatic nitrogens is 2. The molecule has 0 spiro atoms. The first-order valence-corrected chi connectivity index (χ1v) is 12.0. The van der Waals surface area contributed by atoms with Gasteiger partial charge in [0.2, 0.25) is 11.7 Å². The topological polar surface area (TPSA) is 120 Å². The summed E-state index contributed by atoms with van der Waals surface area (Å²) in [5.74, 6) is -1.43. The number of esters is 1. The lowest BCUT2D eigenvalue weighted by Crippen LogP contribution is -2.53. The number of unbranched alkanes of at least 4 members (excludes halogenated alkanes) is 1. The molecule has 0 unspecified atom stereocenters. The number of carbonyl (C=O) groups excluding carboxylic acids is 3. The molecule has 0 aromatic carbocycles. The van der Waals surface area contributed by atoms with Gasteiger partial charge in [0.1, 0.15) is 12.1 Å². The summed E-state index contributed by atoms with van der Waals surface area (Å²) in [4.78, 5) is 58.4. The summed E-state index contributed by atoms with van der Waals surface area (Å²) in [5.41, 5.74) is -1.17. The maximum absolute atomic E-state index is 13.3. The average Bonchev–Trinajstić information content (AvgIpc) is 2.78. The Kier molecular flexibility index (Phi) is 8.04. The molecule has 0 aliphatic carbocycles. The van der Waals surface area contributed by atoms with Crippen LogP contribution in [0.4, 0.5) is 10.5 Å². The molecule has 3 heterocycles. The Hall–Kier alpha value is -3.15. The zero-order valence-electron chi connectivity index (χ0n) is 20.4. The summed E-state index contributed by atoms with van der Waals surface area (Å²) in [6.45, 7) is 7.60. The fourth-order valence-corrected chi connectivity index (χ4v) is 3.89. The Balaban J connectivity index is 2.04. The van der Waals surface area contributed by atoms with Gasteiger partial charge in [-0.2, -0.15) is 0 Å². The summed E-state index contributed by atoms with van der Waals surface area (Å²) >= 11 is 3.38. The van der Waals surface area contributed by atoms with E-state index in [1.54, 1.807) is 26.8 Å². The number of rotatable bonds is 6. The van der Waals surface area contributed by atoms with Gasteiger partial charge in [0.15, 0.2) is 11.3 Å². The van der Waals surface area contributed by atoms with Crippen LogP contribution < -0.4 is 15.2 Å². The maximum Gasteiger partial charge on any atom is 0.410 e. The van der Waals surface area contributed by atoms with Gasteiger partial charge in [-0.1, -0.05) is 13.3 Å². The molecule has 1 saturated heterocycles. The van der Waals surface area contributed by atoms with Gasteiger partial charge in [-0.3, -0.25) is 18.9 Å². The van der Waals surface area contributed by atoms with E-state index in [1.807, 2.05) is 6.92 Å². The highest BCUT2D eigenvalue weighted by Crippen LogP contribution is 2.28. The van der Waals surface area contributed by atoms with Gasteiger partial charge in [0.25, 0.3) is 0 Å². The normalized spacial score (nSPS) is 14.3. The van der Waals surface area contributed by atoms with E-state index in [1.165, 1.54) is 27.5 Å². The third-order valence-electron chi connectivity index (χ3n) is 5.12. The first-order valence-electron chi connectivity index (χ1n) is 11.2. The molecule has 11 nitrogen and oxygen atoms in total. The quantitative estimate of drug-likeness (QED) is 0.396. The van der Waals surface area contributed by atoms with Crippen molar-refractivity contribution in [2.75, 3.05) is 38.3 Å². The molecular weight excluding hydrogens is 524 g/mol. The molecule has 35 heavy (non-hydrogen) atoms. The molecule has 0 atom stereocenters. The summed E-state index contributed by atoms with van der Waals surface area (Å²) in [5, 5.41) is 0. The van der Waals surface area contributed by atoms with Crippen LogP contribution in [0.25, 0.3) is 5.65 Å². The molecule has 190 valence electrons. The highest BCUT2D eigenvalue weighted by molar-refractivity contribution is 9.10. The molecule has 0 bridgehead atoms. The number of nitrogens with zero attached hydrogens (tertiary/aromatic N) is 4. The monoisotopic (exact) mass is 552 g/mol. The van der Waals surface area contributed by atoms with Crippen molar-refractivity contribution in [3.63, 3.8) is 0 Å². The number of halogens is 1. The number of ether oxygens (including phenoxy) is 3. The van der Waals surface area contributed by atoms with Crippen LogP contribution >= 0.6 is 15.9 Å². The van der Waals surface area contributed by atoms with E-state index >= 15 is 0 Å². The third-order valence-corrected chi connectivity index (χ3v) is 5.55. The van der Waals surface area contributed by atoms with Crippen molar-refractivity contribution < 1.29 is 28.6 Å². The van der Waals surface area contributed by atoms with Crippen molar-refractivity contribution >= 4 is 45.2 Å². The summed E-state index contributed by atoms with van der Waals surface area (Å²) in [6, 6.07) is 1.63. The molecule has 2 amide bonds. The van der Waals surface area contributed by atoms with Crippen LogP contribution in [0.15, 0.2) is 21.5 Å². The van der Waals surface area contributed by atoms with E-state index in [2.05, 4.69) is 20.9 Å². The molecule has 2 aromatic heterocycles. The van der Waals surface area contributed by atoms with Gasteiger partial charge in [-0.25, -0.2) is 14.6 Å². The molecule has 3 rings (SSSR count). The lowest BCUT2D eigenvalue weighted by Gasteiger charge is -2.35. The number of piperazine rings is 1. The van der Waals surface area contributed by atoms with Gasteiger partial charge in [-0.15, -0.1) is 0 Å². The highest BCUT2D eigenvalue weighted by Gasteiger charge is 2.33. The Labute approximate surface area is 211 Å². The minimum atomic E-state index is -0.828. The molecular formula is C23H29BrN4O7. The number of hydrogen-bond donors (Lipinski definition) is 0. The van der Waals surface area contributed by atoms with Gasteiger partial charge >= 0.3 is 17.6 Å². The molecule has 1 fully saturated rings. The van der Waals surface area contributed by atoms with Crippen LogP contribution in [0, 0.1) is 0 Å². The van der Waals surface area contributed by atoms with Crippen molar-refractivity contribution in [3.8, 4) is 5.75 Å². The van der Waals surface area contributed by atoms with Gasteiger partial charge in [0, 0.05) is 23.8 Å². The van der Waals surface area contributed by atoms with Crippen molar-refractivity contribution in [1.82, 2.24) is 14.3 Å². The van der Waals surface area contributed by atoms with Crippen LogP contribution in [0.5, 0.6) is 5.75 Å². The van der Waals surface area contributed by atoms with Crippen molar-refractivity contribution in [2.24, 2.45) is 0 Å². The van der Waals surface area contributed by atoms with E-state index in [-0.39, 0.29) is 49.2 Å². The second kappa shape index (κ2) is 10.6. The van der Waals surface area contributed by atoms with E-state index in [0.717, 1.165) is 6.42 Å². The summed E-state index contributed by atoms with van der Waals surface area (Å²) in [7, 11) is 1.18. The largest absolute Gasteiger partial charge is 0.486 e. The van der Waals surface area contributed by atoms with Crippen LogP contribution in [-0.4, -0.2) is 71.2 Å². The molecule has 1 aliphatic rings. The number of methoxy groups -OCH3 is 1. The smallest absolute Gasteiger partial charge is 0.410 e. The second-order valence-corrected chi connectivity index (χ2v) is 9.89. The number of pyridine rings is 1. The second-order valence-electron chi connectivity index (χ2n) is 8.97. The molecule has 0 N–H and O–H groups in total. The van der Waals surface area contributed by atoms with E-state index in [0.29, 0.717) is 16.6 Å².